The average molecular weight is 339 g/mol. The first-order valence-electron chi connectivity index (χ1n) is 7.81. The number of fused-ring (bicyclic) bond motifs is 1. The molecule has 0 atom stereocenters. The van der Waals surface area contributed by atoms with Gasteiger partial charge in [0.15, 0.2) is 5.82 Å². The minimum Gasteiger partial charge on any atom is -0.358 e. The number of nitro groups is 1. The molecular weight excluding hydrogens is 325 g/mol. The number of aromatic nitrogens is 3. The zero-order valence-corrected chi connectivity index (χ0v) is 13.2. The van der Waals surface area contributed by atoms with Crippen LogP contribution in [0.2, 0.25) is 0 Å². The molecule has 3 aromatic rings. The normalized spacial score (nSPS) is 14.6. The van der Waals surface area contributed by atoms with E-state index in [0.717, 1.165) is 24.1 Å². The highest BCUT2D eigenvalue weighted by molar-refractivity contribution is 5.68. The van der Waals surface area contributed by atoms with Gasteiger partial charge in [0.25, 0.3) is 0 Å². The van der Waals surface area contributed by atoms with E-state index < -0.39 is 4.92 Å². The minimum absolute atomic E-state index is 0.156. The second-order valence-corrected chi connectivity index (χ2v) is 5.77. The predicted octanol–water partition coefficient (Wildman–Crippen LogP) is 3.07. The highest BCUT2D eigenvalue weighted by Gasteiger charge is 2.20. The molecule has 0 unspecified atom stereocenters. The lowest BCUT2D eigenvalue weighted by atomic mass is 9.99. The second-order valence-electron chi connectivity index (χ2n) is 5.77. The standard InChI is InChI=1S/C17H14FN5O2/c18-14-3-1-12(2-4-14)13-7-9-21(10-8-13)16-6-5-15-19-11-17(23(24)25)22(15)20-16/h1-7,11H,8-10H2. The molecule has 0 fully saturated rings. The van der Waals surface area contributed by atoms with Gasteiger partial charge in [-0.15, -0.1) is 0 Å². The summed E-state index contributed by atoms with van der Waals surface area (Å²) in [7, 11) is 0. The Balaban J connectivity index is 1.59. The lowest BCUT2D eigenvalue weighted by Crippen LogP contribution is -2.29. The summed E-state index contributed by atoms with van der Waals surface area (Å²) in [5.74, 6) is 0.251. The Labute approximate surface area is 142 Å². The van der Waals surface area contributed by atoms with Crippen molar-refractivity contribution in [3.63, 3.8) is 0 Å². The van der Waals surface area contributed by atoms with Gasteiger partial charge < -0.3 is 15.0 Å². The van der Waals surface area contributed by atoms with Crippen LogP contribution in [0.5, 0.6) is 0 Å². The summed E-state index contributed by atoms with van der Waals surface area (Å²) in [6.07, 6.45) is 4.07. The number of halogens is 1. The van der Waals surface area contributed by atoms with Gasteiger partial charge in [0.1, 0.15) is 12.0 Å². The van der Waals surface area contributed by atoms with Crippen LogP contribution in [0.25, 0.3) is 11.2 Å². The van der Waals surface area contributed by atoms with Crippen LogP contribution in [0.4, 0.5) is 16.0 Å². The van der Waals surface area contributed by atoms with Gasteiger partial charge >= 0.3 is 5.82 Å². The van der Waals surface area contributed by atoms with Gasteiger partial charge in [0.2, 0.25) is 5.65 Å². The first-order chi connectivity index (χ1) is 12.1. The Morgan fingerprint density at radius 3 is 2.64 bits per heavy atom. The van der Waals surface area contributed by atoms with Crippen LogP contribution in [0.1, 0.15) is 12.0 Å². The maximum absolute atomic E-state index is 13.0. The van der Waals surface area contributed by atoms with E-state index in [1.165, 1.54) is 22.8 Å². The van der Waals surface area contributed by atoms with E-state index in [2.05, 4.69) is 16.2 Å². The van der Waals surface area contributed by atoms with Crippen molar-refractivity contribution in [2.24, 2.45) is 0 Å². The van der Waals surface area contributed by atoms with E-state index in [-0.39, 0.29) is 11.6 Å². The molecular formula is C17H14FN5O2. The molecule has 4 rings (SSSR count). The van der Waals surface area contributed by atoms with Crippen LogP contribution in [-0.2, 0) is 0 Å². The Morgan fingerprint density at radius 1 is 1.16 bits per heavy atom. The van der Waals surface area contributed by atoms with E-state index in [1.807, 2.05) is 11.0 Å². The van der Waals surface area contributed by atoms with Gasteiger partial charge in [-0.3, -0.25) is 0 Å². The fraction of sp³-hybridized carbons (Fsp3) is 0.176. The molecule has 0 bridgehead atoms. The number of benzene rings is 1. The summed E-state index contributed by atoms with van der Waals surface area (Å²) >= 11 is 0. The van der Waals surface area contributed by atoms with E-state index in [1.54, 1.807) is 18.2 Å². The molecule has 1 aromatic carbocycles. The van der Waals surface area contributed by atoms with Crippen LogP contribution in [0, 0.1) is 15.9 Å². The molecule has 0 amide bonds. The van der Waals surface area contributed by atoms with Crippen LogP contribution >= 0.6 is 0 Å². The highest BCUT2D eigenvalue weighted by atomic mass is 19.1. The number of anilines is 1. The van der Waals surface area contributed by atoms with Gasteiger partial charge in [0.05, 0.1) is 0 Å². The molecule has 0 N–H and O–H groups in total. The van der Waals surface area contributed by atoms with Crippen molar-refractivity contribution in [1.82, 2.24) is 14.6 Å². The first-order valence-corrected chi connectivity index (χ1v) is 7.81. The molecule has 0 saturated heterocycles. The Hall–Kier alpha value is -3.29. The molecule has 0 radical (unpaired) electrons. The number of hydrogen-bond donors (Lipinski definition) is 0. The summed E-state index contributed by atoms with van der Waals surface area (Å²) in [5, 5.41) is 15.4. The smallest absolute Gasteiger partial charge is 0.358 e. The first kappa shape index (κ1) is 15.3. The zero-order chi connectivity index (χ0) is 17.4. The van der Waals surface area contributed by atoms with E-state index in [9.17, 15) is 14.5 Å². The molecule has 3 heterocycles. The molecule has 25 heavy (non-hydrogen) atoms. The van der Waals surface area contributed by atoms with E-state index in [4.69, 9.17) is 0 Å². The maximum Gasteiger partial charge on any atom is 0.368 e. The molecule has 1 aliphatic rings. The van der Waals surface area contributed by atoms with Crippen molar-refractivity contribution in [3.05, 3.63) is 70.2 Å². The van der Waals surface area contributed by atoms with Gasteiger partial charge in [-0.25, -0.2) is 9.37 Å². The minimum atomic E-state index is -0.500. The third-order valence-corrected chi connectivity index (χ3v) is 4.27. The molecule has 0 spiro atoms. The third kappa shape index (κ3) is 2.82. The van der Waals surface area contributed by atoms with Crippen LogP contribution < -0.4 is 4.90 Å². The fourth-order valence-corrected chi connectivity index (χ4v) is 2.95. The number of hydrogen-bond acceptors (Lipinski definition) is 5. The predicted molar refractivity (Wildman–Crippen MR) is 90.8 cm³/mol. The molecule has 1 aliphatic heterocycles. The summed E-state index contributed by atoms with van der Waals surface area (Å²) in [6.45, 7) is 1.36. The average Bonchev–Trinajstić information content (AvgIpc) is 3.06. The summed E-state index contributed by atoms with van der Waals surface area (Å²) in [6, 6.07) is 9.98. The molecule has 8 heteroatoms. The highest BCUT2D eigenvalue weighted by Crippen LogP contribution is 2.25. The topological polar surface area (TPSA) is 76.6 Å². The summed E-state index contributed by atoms with van der Waals surface area (Å²) in [4.78, 5) is 16.6. The van der Waals surface area contributed by atoms with Crippen molar-refractivity contribution >= 4 is 22.9 Å². The molecule has 7 nitrogen and oxygen atoms in total. The fourth-order valence-electron chi connectivity index (χ4n) is 2.95. The monoisotopic (exact) mass is 339 g/mol. The maximum atomic E-state index is 13.0. The second kappa shape index (κ2) is 5.97. The van der Waals surface area contributed by atoms with Crippen molar-refractivity contribution in [3.8, 4) is 0 Å². The number of nitrogens with zero attached hydrogens (tertiary/aromatic N) is 5. The largest absolute Gasteiger partial charge is 0.368 e. The Bertz CT molecular complexity index is 980. The lowest BCUT2D eigenvalue weighted by molar-refractivity contribution is -0.391. The van der Waals surface area contributed by atoms with Gasteiger partial charge in [-0.05, 0) is 40.7 Å². The van der Waals surface area contributed by atoms with Crippen LogP contribution in [-0.4, -0.2) is 32.6 Å². The zero-order valence-electron chi connectivity index (χ0n) is 13.2. The van der Waals surface area contributed by atoms with Crippen LogP contribution in [0.15, 0.2) is 48.7 Å². The molecule has 126 valence electrons. The van der Waals surface area contributed by atoms with Gasteiger partial charge in [-0.1, -0.05) is 27.8 Å². The van der Waals surface area contributed by atoms with E-state index in [0.29, 0.717) is 18.0 Å². The van der Waals surface area contributed by atoms with Crippen molar-refractivity contribution in [2.45, 2.75) is 6.42 Å². The quantitative estimate of drug-likeness (QED) is 0.541. The Kier molecular flexibility index (Phi) is 3.64. The van der Waals surface area contributed by atoms with E-state index >= 15 is 0 Å². The molecule has 0 saturated carbocycles. The van der Waals surface area contributed by atoms with Crippen molar-refractivity contribution < 1.29 is 9.31 Å². The van der Waals surface area contributed by atoms with Crippen LogP contribution in [0.3, 0.4) is 0 Å². The Morgan fingerprint density at radius 2 is 1.96 bits per heavy atom. The number of imidazole rings is 1. The molecule has 2 aromatic heterocycles. The summed E-state index contributed by atoms with van der Waals surface area (Å²) in [5.41, 5.74) is 2.61. The SMILES string of the molecule is O=[N+]([O-])c1cnc2ccc(N3CC=C(c4ccc(F)cc4)CC3)nn12. The van der Waals surface area contributed by atoms with Gasteiger partial charge in [-0.2, -0.15) is 0 Å². The summed E-state index contributed by atoms with van der Waals surface area (Å²) < 4.78 is 14.3. The van der Waals surface area contributed by atoms with Gasteiger partial charge in [0, 0.05) is 19.2 Å². The lowest BCUT2D eigenvalue weighted by Gasteiger charge is -2.26. The van der Waals surface area contributed by atoms with Crippen molar-refractivity contribution in [1.29, 1.82) is 0 Å². The van der Waals surface area contributed by atoms with Crippen molar-refractivity contribution in [2.75, 3.05) is 18.0 Å². The third-order valence-electron chi connectivity index (χ3n) is 4.27. The number of rotatable bonds is 3. The molecule has 0 aliphatic carbocycles.